The van der Waals surface area contributed by atoms with Crippen LogP contribution in [0.5, 0.6) is 0 Å². The van der Waals surface area contributed by atoms with Crippen LogP contribution in [-0.2, 0) is 11.3 Å². The smallest absolute Gasteiger partial charge is 0.226 e. The summed E-state index contributed by atoms with van der Waals surface area (Å²) in [5.41, 5.74) is 2.23. The van der Waals surface area contributed by atoms with Crippen LogP contribution >= 0.6 is 0 Å². The predicted octanol–water partition coefficient (Wildman–Crippen LogP) is 2.00. The third-order valence-electron chi connectivity index (χ3n) is 3.96. The first-order chi connectivity index (χ1) is 8.62. The Morgan fingerprint density at radius 2 is 2.00 bits per heavy atom. The van der Waals surface area contributed by atoms with Gasteiger partial charge in [-0.25, -0.2) is 0 Å². The van der Waals surface area contributed by atoms with Gasteiger partial charge in [0.2, 0.25) is 5.91 Å². The molecule has 3 heteroatoms. The minimum atomic E-state index is -0.200. The SMILES string of the molecule is Cc1ccccc1CNC(=O)C1(C)CCNCC1. The van der Waals surface area contributed by atoms with E-state index in [2.05, 4.69) is 36.6 Å². The van der Waals surface area contributed by atoms with Crippen LogP contribution in [0.25, 0.3) is 0 Å². The van der Waals surface area contributed by atoms with E-state index in [-0.39, 0.29) is 11.3 Å². The Hall–Kier alpha value is -1.35. The summed E-state index contributed by atoms with van der Waals surface area (Å²) >= 11 is 0. The molecule has 0 aliphatic carbocycles. The molecule has 0 radical (unpaired) electrons. The summed E-state index contributed by atoms with van der Waals surface area (Å²) in [6, 6.07) is 8.18. The lowest BCUT2D eigenvalue weighted by Gasteiger charge is -2.32. The summed E-state index contributed by atoms with van der Waals surface area (Å²) in [5, 5.41) is 6.38. The summed E-state index contributed by atoms with van der Waals surface area (Å²) in [5.74, 6) is 0.187. The number of hydrogen-bond donors (Lipinski definition) is 2. The van der Waals surface area contributed by atoms with E-state index >= 15 is 0 Å². The first kappa shape index (κ1) is 13.1. The van der Waals surface area contributed by atoms with Gasteiger partial charge in [0.25, 0.3) is 0 Å². The normalized spacial score (nSPS) is 18.3. The summed E-state index contributed by atoms with van der Waals surface area (Å²) in [7, 11) is 0. The van der Waals surface area contributed by atoms with E-state index in [1.807, 2.05) is 12.1 Å². The second kappa shape index (κ2) is 5.53. The van der Waals surface area contributed by atoms with Gasteiger partial charge in [-0.1, -0.05) is 31.2 Å². The molecule has 1 heterocycles. The average Bonchev–Trinajstić information content (AvgIpc) is 2.38. The number of rotatable bonds is 3. The molecule has 2 rings (SSSR count). The highest BCUT2D eigenvalue weighted by molar-refractivity contribution is 5.82. The van der Waals surface area contributed by atoms with Crippen LogP contribution < -0.4 is 10.6 Å². The van der Waals surface area contributed by atoms with Gasteiger partial charge in [0.05, 0.1) is 0 Å². The van der Waals surface area contributed by atoms with Gasteiger partial charge in [0.15, 0.2) is 0 Å². The first-order valence-electron chi connectivity index (χ1n) is 6.65. The molecule has 0 bridgehead atoms. The largest absolute Gasteiger partial charge is 0.352 e. The quantitative estimate of drug-likeness (QED) is 0.856. The molecule has 98 valence electrons. The lowest BCUT2D eigenvalue weighted by atomic mass is 9.80. The van der Waals surface area contributed by atoms with Gasteiger partial charge < -0.3 is 10.6 Å². The van der Waals surface area contributed by atoms with E-state index in [0.717, 1.165) is 25.9 Å². The number of piperidine rings is 1. The standard InChI is InChI=1S/C15H22N2O/c1-12-5-3-4-6-13(12)11-17-14(18)15(2)7-9-16-10-8-15/h3-6,16H,7-11H2,1-2H3,(H,17,18). The van der Waals surface area contributed by atoms with Crippen molar-refractivity contribution in [3.05, 3.63) is 35.4 Å². The summed E-state index contributed by atoms with van der Waals surface area (Å²) in [6.45, 7) is 6.66. The van der Waals surface area contributed by atoms with Crippen molar-refractivity contribution in [3.8, 4) is 0 Å². The van der Waals surface area contributed by atoms with E-state index in [1.54, 1.807) is 0 Å². The number of carbonyl (C=O) groups is 1. The molecule has 0 aromatic heterocycles. The van der Waals surface area contributed by atoms with Crippen LogP contribution in [0.2, 0.25) is 0 Å². The topological polar surface area (TPSA) is 41.1 Å². The number of hydrogen-bond acceptors (Lipinski definition) is 2. The van der Waals surface area contributed by atoms with Crippen LogP contribution in [0.1, 0.15) is 30.9 Å². The van der Waals surface area contributed by atoms with E-state index in [4.69, 9.17) is 0 Å². The second-order valence-corrected chi connectivity index (χ2v) is 5.42. The Balaban J connectivity index is 1.94. The summed E-state index contributed by atoms with van der Waals surface area (Å²) in [6.07, 6.45) is 1.85. The monoisotopic (exact) mass is 246 g/mol. The maximum atomic E-state index is 12.3. The molecule has 1 fully saturated rings. The van der Waals surface area contributed by atoms with Crippen LogP contribution in [0.3, 0.4) is 0 Å². The van der Waals surface area contributed by atoms with Crippen molar-refractivity contribution in [3.63, 3.8) is 0 Å². The minimum Gasteiger partial charge on any atom is -0.352 e. The van der Waals surface area contributed by atoms with E-state index in [1.165, 1.54) is 11.1 Å². The third-order valence-corrected chi connectivity index (χ3v) is 3.96. The van der Waals surface area contributed by atoms with Crippen LogP contribution in [-0.4, -0.2) is 19.0 Å². The maximum absolute atomic E-state index is 12.3. The Morgan fingerprint density at radius 1 is 1.33 bits per heavy atom. The number of amides is 1. The van der Waals surface area contributed by atoms with Crippen molar-refractivity contribution in [2.24, 2.45) is 5.41 Å². The molecular weight excluding hydrogens is 224 g/mol. The Kier molecular flexibility index (Phi) is 4.02. The Bertz CT molecular complexity index is 422. The highest BCUT2D eigenvalue weighted by Gasteiger charge is 2.34. The van der Waals surface area contributed by atoms with Gasteiger partial charge in [-0.15, -0.1) is 0 Å². The summed E-state index contributed by atoms with van der Waals surface area (Å²) in [4.78, 5) is 12.3. The molecule has 0 unspecified atom stereocenters. The van der Waals surface area contributed by atoms with E-state index in [9.17, 15) is 4.79 Å². The lowest BCUT2D eigenvalue weighted by Crippen LogP contribution is -2.45. The molecule has 2 N–H and O–H groups in total. The van der Waals surface area contributed by atoms with Gasteiger partial charge in [-0.3, -0.25) is 4.79 Å². The molecular formula is C15H22N2O. The number of aryl methyl sites for hydroxylation is 1. The molecule has 1 aromatic rings. The van der Waals surface area contributed by atoms with Crippen molar-refractivity contribution in [1.29, 1.82) is 0 Å². The van der Waals surface area contributed by atoms with Crippen molar-refractivity contribution in [1.82, 2.24) is 10.6 Å². The van der Waals surface area contributed by atoms with E-state index < -0.39 is 0 Å². The fourth-order valence-electron chi connectivity index (χ4n) is 2.40. The van der Waals surface area contributed by atoms with Crippen molar-refractivity contribution < 1.29 is 4.79 Å². The van der Waals surface area contributed by atoms with Gasteiger partial charge in [0.1, 0.15) is 0 Å². The van der Waals surface area contributed by atoms with Gasteiger partial charge in [0, 0.05) is 12.0 Å². The van der Waals surface area contributed by atoms with Gasteiger partial charge in [-0.05, 0) is 44.0 Å². The Labute approximate surface area is 109 Å². The molecule has 1 saturated heterocycles. The highest BCUT2D eigenvalue weighted by Crippen LogP contribution is 2.28. The van der Waals surface area contributed by atoms with Gasteiger partial charge in [-0.2, -0.15) is 0 Å². The third kappa shape index (κ3) is 2.91. The molecule has 0 saturated carbocycles. The van der Waals surface area contributed by atoms with Crippen LogP contribution in [0.4, 0.5) is 0 Å². The number of nitrogens with one attached hydrogen (secondary N) is 2. The lowest BCUT2D eigenvalue weighted by molar-refractivity contribution is -0.131. The number of benzene rings is 1. The zero-order valence-corrected chi connectivity index (χ0v) is 11.3. The molecule has 0 atom stereocenters. The molecule has 0 spiro atoms. The molecule has 1 aliphatic heterocycles. The molecule has 1 aromatic carbocycles. The maximum Gasteiger partial charge on any atom is 0.226 e. The molecule has 1 amide bonds. The van der Waals surface area contributed by atoms with Gasteiger partial charge >= 0.3 is 0 Å². The Morgan fingerprint density at radius 3 is 2.67 bits per heavy atom. The predicted molar refractivity (Wildman–Crippen MR) is 73.2 cm³/mol. The first-order valence-corrected chi connectivity index (χ1v) is 6.65. The zero-order valence-electron chi connectivity index (χ0n) is 11.3. The van der Waals surface area contributed by atoms with Crippen molar-refractivity contribution in [2.45, 2.75) is 33.2 Å². The van der Waals surface area contributed by atoms with Crippen molar-refractivity contribution in [2.75, 3.05) is 13.1 Å². The average molecular weight is 246 g/mol. The fourth-order valence-corrected chi connectivity index (χ4v) is 2.40. The van der Waals surface area contributed by atoms with E-state index in [0.29, 0.717) is 6.54 Å². The highest BCUT2D eigenvalue weighted by atomic mass is 16.2. The number of carbonyl (C=O) groups excluding carboxylic acids is 1. The van der Waals surface area contributed by atoms with Crippen LogP contribution in [0, 0.1) is 12.3 Å². The van der Waals surface area contributed by atoms with Crippen molar-refractivity contribution >= 4 is 5.91 Å². The molecule has 1 aliphatic rings. The zero-order chi connectivity index (χ0) is 13.0. The summed E-state index contributed by atoms with van der Waals surface area (Å²) < 4.78 is 0. The molecule has 3 nitrogen and oxygen atoms in total. The van der Waals surface area contributed by atoms with Crippen LogP contribution in [0.15, 0.2) is 24.3 Å². The minimum absolute atomic E-state index is 0.187. The second-order valence-electron chi connectivity index (χ2n) is 5.42. The molecule has 18 heavy (non-hydrogen) atoms. The fraction of sp³-hybridized carbons (Fsp3) is 0.533.